The number of nitrogens with zero attached hydrogens (tertiary/aromatic N) is 2. The van der Waals surface area contributed by atoms with Crippen LogP contribution in [0.5, 0.6) is 0 Å². The second-order valence-electron chi connectivity index (χ2n) is 8.00. The van der Waals surface area contributed by atoms with E-state index in [2.05, 4.69) is 25.9 Å². The Kier molecular flexibility index (Phi) is 8.51. The van der Waals surface area contributed by atoms with Gasteiger partial charge in [0, 0.05) is 18.8 Å². The Balaban J connectivity index is 2.31. The smallest absolute Gasteiger partial charge is 0.333 e. The molecule has 0 saturated carbocycles. The van der Waals surface area contributed by atoms with Gasteiger partial charge in [-0.15, -0.1) is 0 Å². The van der Waals surface area contributed by atoms with Gasteiger partial charge in [-0.1, -0.05) is 27.7 Å². The number of benzene rings is 1. The van der Waals surface area contributed by atoms with Crippen LogP contribution in [-0.4, -0.2) is 44.6 Å². The van der Waals surface area contributed by atoms with Crippen LogP contribution in [0.3, 0.4) is 0 Å². The molecule has 0 aliphatic heterocycles. The molecule has 0 aliphatic rings. The third kappa shape index (κ3) is 6.36. The van der Waals surface area contributed by atoms with E-state index in [4.69, 9.17) is 0 Å². The third-order valence-electron chi connectivity index (χ3n) is 4.72. The summed E-state index contributed by atoms with van der Waals surface area (Å²) in [6.45, 7) is 10.1. The number of halogens is 1. The first kappa shape index (κ1) is 25.5. The molecule has 0 radical (unpaired) electrons. The summed E-state index contributed by atoms with van der Waals surface area (Å²) in [5.41, 5.74) is 1.70. The highest BCUT2D eigenvalue weighted by molar-refractivity contribution is 7.90. The minimum absolute atomic E-state index is 0.0939. The van der Waals surface area contributed by atoms with Gasteiger partial charge in [0.25, 0.3) is 10.0 Å². The molecule has 176 valence electrons. The standard InChI is InChI=1S/C21H31FN6O3S/c1-12(2)16-9-15(22)10-17(13(3)4)19(16)27-21(29)28-32(30,31)20-14(5)25-11-18(26-20)24-8-7-23-6/h9-13,23H,7-8H2,1-6H3,(H,24,26)(H2,27,28,29). The summed E-state index contributed by atoms with van der Waals surface area (Å²) in [7, 11) is -2.51. The van der Waals surface area contributed by atoms with E-state index >= 15 is 0 Å². The fourth-order valence-corrected chi connectivity index (χ4v) is 4.15. The molecule has 1 aromatic carbocycles. The number of rotatable bonds is 9. The van der Waals surface area contributed by atoms with Crippen molar-refractivity contribution in [3.05, 3.63) is 41.0 Å². The molecule has 2 rings (SSSR count). The lowest BCUT2D eigenvalue weighted by atomic mass is 9.92. The molecule has 1 heterocycles. The van der Waals surface area contributed by atoms with Gasteiger partial charge in [-0.05, 0) is 49.1 Å². The van der Waals surface area contributed by atoms with Gasteiger partial charge in [0.2, 0.25) is 0 Å². The van der Waals surface area contributed by atoms with Crippen molar-refractivity contribution in [3.63, 3.8) is 0 Å². The Bertz CT molecular complexity index is 1040. The van der Waals surface area contributed by atoms with E-state index in [9.17, 15) is 17.6 Å². The summed E-state index contributed by atoms with van der Waals surface area (Å²) < 4.78 is 41.8. The molecule has 1 aromatic heterocycles. The van der Waals surface area contributed by atoms with Crippen molar-refractivity contribution in [2.24, 2.45) is 0 Å². The van der Waals surface area contributed by atoms with E-state index in [0.717, 1.165) is 0 Å². The lowest BCUT2D eigenvalue weighted by Crippen LogP contribution is -2.36. The molecule has 9 nitrogen and oxygen atoms in total. The highest BCUT2D eigenvalue weighted by atomic mass is 32.2. The molecule has 0 unspecified atom stereocenters. The van der Waals surface area contributed by atoms with Crippen LogP contribution in [0.2, 0.25) is 0 Å². The number of urea groups is 1. The van der Waals surface area contributed by atoms with Crippen LogP contribution in [0.1, 0.15) is 56.4 Å². The van der Waals surface area contributed by atoms with Crippen molar-refractivity contribution in [2.45, 2.75) is 51.5 Å². The highest BCUT2D eigenvalue weighted by Gasteiger charge is 2.25. The lowest BCUT2D eigenvalue weighted by molar-refractivity contribution is 0.256. The maximum atomic E-state index is 14.1. The van der Waals surface area contributed by atoms with E-state index in [1.807, 2.05) is 32.4 Å². The molecule has 11 heteroatoms. The van der Waals surface area contributed by atoms with Crippen LogP contribution in [-0.2, 0) is 10.0 Å². The Hall–Kier alpha value is -2.79. The van der Waals surface area contributed by atoms with Crippen molar-refractivity contribution in [1.29, 1.82) is 0 Å². The molecule has 4 N–H and O–H groups in total. The topological polar surface area (TPSA) is 125 Å². The lowest BCUT2D eigenvalue weighted by Gasteiger charge is -2.20. The van der Waals surface area contributed by atoms with Crippen molar-refractivity contribution in [1.82, 2.24) is 20.0 Å². The van der Waals surface area contributed by atoms with E-state index in [0.29, 0.717) is 29.9 Å². The molecule has 0 atom stereocenters. The Labute approximate surface area is 188 Å². The SMILES string of the molecule is CNCCNc1cnc(C)c(S(=O)(=O)NC(=O)Nc2c(C(C)C)cc(F)cc2C(C)C)n1. The highest BCUT2D eigenvalue weighted by Crippen LogP contribution is 2.33. The molecule has 32 heavy (non-hydrogen) atoms. The number of nitrogens with one attached hydrogen (secondary N) is 4. The number of carbonyl (C=O) groups is 1. The predicted octanol–water partition coefficient (Wildman–Crippen LogP) is 3.31. The van der Waals surface area contributed by atoms with Gasteiger partial charge < -0.3 is 16.0 Å². The minimum atomic E-state index is -4.30. The molecule has 0 spiro atoms. The summed E-state index contributed by atoms with van der Waals surface area (Å²) >= 11 is 0. The van der Waals surface area contributed by atoms with Crippen molar-refractivity contribution >= 4 is 27.6 Å². The third-order valence-corrected chi connectivity index (χ3v) is 6.07. The molecule has 2 amide bonds. The summed E-state index contributed by atoms with van der Waals surface area (Å²) in [5, 5.41) is 8.16. The van der Waals surface area contributed by atoms with Crippen LogP contribution in [0.25, 0.3) is 0 Å². The van der Waals surface area contributed by atoms with Gasteiger partial charge in [0.05, 0.1) is 11.9 Å². The molecule has 0 saturated heterocycles. The first-order valence-corrected chi connectivity index (χ1v) is 11.8. The van der Waals surface area contributed by atoms with Crippen molar-refractivity contribution in [2.75, 3.05) is 30.8 Å². The van der Waals surface area contributed by atoms with E-state index in [-0.39, 0.29) is 28.4 Å². The average Bonchev–Trinajstić information content (AvgIpc) is 2.69. The molecule has 0 bridgehead atoms. The number of aryl methyl sites for hydroxylation is 1. The van der Waals surface area contributed by atoms with E-state index < -0.39 is 21.9 Å². The van der Waals surface area contributed by atoms with Gasteiger partial charge in [-0.3, -0.25) is 4.98 Å². The van der Waals surface area contributed by atoms with E-state index in [1.165, 1.54) is 25.3 Å². The summed E-state index contributed by atoms with van der Waals surface area (Å²) in [6, 6.07) is 1.72. The first-order valence-electron chi connectivity index (χ1n) is 10.4. The van der Waals surface area contributed by atoms with E-state index in [1.54, 1.807) is 7.05 Å². The second-order valence-corrected chi connectivity index (χ2v) is 9.60. The number of sulfonamides is 1. The largest absolute Gasteiger partial charge is 0.367 e. The first-order chi connectivity index (χ1) is 15.0. The zero-order chi connectivity index (χ0) is 24.1. The number of likely N-dealkylation sites (N-methyl/N-ethyl adjacent to an activating group) is 1. The van der Waals surface area contributed by atoms with Gasteiger partial charge >= 0.3 is 6.03 Å². The number of hydrogen-bond acceptors (Lipinski definition) is 7. The number of carbonyl (C=O) groups excluding carboxylic acids is 1. The Morgan fingerprint density at radius 3 is 2.22 bits per heavy atom. The van der Waals surface area contributed by atoms with Gasteiger partial charge in [-0.2, -0.15) is 8.42 Å². The van der Waals surface area contributed by atoms with Crippen molar-refractivity contribution in [3.8, 4) is 0 Å². The predicted molar refractivity (Wildman–Crippen MR) is 123 cm³/mol. The molecule has 0 aliphatic carbocycles. The summed E-state index contributed by atoms with van der Waals surface area (Å²) in [6.07, 6.45) is 1.42. The Morgan fingerprint density at radius 2 is 1.69 bits per heavy atom. The van der Waals surface area contributed by atoms with Crippen LogP contribution >= 0.6 is 0 Å². The maximum Gasteiger partial charge on any atom is 0.333 e. The minimum Gasteiger partial charge on any atom is -0.367 e. The molecular formula is C21H31FN6O3S. The number of amides is 2. The molecule has 0 fully saturated rings. The fourth-order valence-electron chi connectivity index (χ4n) is 3.10. The number of aromatic nitrogens is 2. The second kappa shape index (κ2) is 10.7. The molecular weight excluding hydrogens is 435 g/mol. The number of anilines is 2. The fraction of sp³-hybridized carbons (Fsp3) is 0.476. The van der Waals surface area contributed by atoms with Gasteiger partial charge in [-0.25, -0.2) is 18.9 Å². The van der Waals surface area contributed by atoms with Gasteiger partial charge in [0.15, 0.2) is 5.03 Å². The Morgan fingerprint density at radius 1 is 1.09 bits per heavy atom. The van der Waals surface area contributed by atoms with Crippen LogP contribution in [0, 0.1) is 12.7 Å². The van der Waals surface area contributed by atoms with Crippen LogP contribution < -0.4 is 20.7 Å². The quantitative estimate of drug-likeness (QED) is 0.418. The maximum absolute atomic E-state index is 14.1. The summed E-state index contributed by atoms with van der Waals surface area (Å²) in [5.74, 6) is -0.328. The average molecular weight is 467 g/mol. The van der Waals surface area contributed by atoms with Crippen LogP contribution in [0.4, 0.5) is 20.7 Å². The monoisotopic (exact) mass is 466 g/mol. The van der Waals surface area contributed by atoms with Crippen molar-refractivity contribution < 1.29 is 17.6 Å². The zero-order valence-corrected chi connectivity index (χ0v) is 20.0. The normalized spacial score (nSPS) is 11.7. The molecule has 2 aromatic rings. The van der Waals surface area contributed by atoms with Gasteiger partial charge in [0.1, 0.15) is 11.6 Å². The van der Waals surface area contributed by atoms with Crippen LogP contribution in [0.15, 0.2) is 23.4 Å². The summed E-state index contributed by atoms with van der Waals surface area (Å²) in [4.78, 5) is 20.8. The number of hydrogen-bond donors (Lipinski definition) is 4. The zero-order valence-electron chi connectivity index (χ0n) is 19.2.